The fraction of sp³-hybridized carbons (Fsp3) is 0.304. The largest absolute Gasteiger partial charge is 0.465 e. The number of nitrogens with one attached hydrogen (secondary N) is 1. The smallest absolute Gasteiger partial charge is 0.409 e. The molecule has 2 aromatic rings. The molecular weight excluding hydrogens is 398 g/mol. The minimum Gasteiger partial charge on any atom is -0.465 e. The van der Waals surface area contributed by atoms with Gasteiger partial charge in [-0.25, -0.2) is 4.79 Å². The van der Waals surface area contributed by atoms with Crippen LogP contribution in [0.3, 0.4) is 0 Å². The number of amides is 2. The summed E-state index contributed by atoms with van der Waals surface area (Å²) in [4.78, 5) is 43.6. The summed E-state index contributed by atoms with van der Waals surface area (Å²) < 4.78 is 10.3. The summed E-state index contributed by atoms with van der Waals surface area (Å²) in [6.07, 6.45) is -2.01. The first kappa shape index (κ1) is 22.0. The summed E-state index contributed by atoms with van der Waals surface area (Å²) in [7, 11) is 0. The number of para-hydroxylation sites is 1. The topological polar surface area (TPSA) is 97.3 Å². The number of hydrogen-bond acceptors (Lipinski definition) is 6. The van der Waals surface area contributed by atoms with Gasteiger partial charge in [-0.05, 0) is 31.9 Å². The second-order valence-electron chi connectivity index (χ2n) is 7.02. The highest BCUT2D eigenvalue weighted by molar-refractivity contribution is 6.14. The number of nitrogens with zero attached hydrogens (tertiary/aromatic N) is 2. The summed E-state index contributed by atoms with van der Waals surface area (Å²) >= 11 is 0. The second-order valence-corrected chi connectivity index (χ2v) is 7.02. The first-order chi connectivity index (χ1) is 14.9. The number of carbonyl (C=O) groups is 3. The summed E-state index contributed by atoms with van der Waals surface area (Å²) in [5, 5.41) is 2.51. The Morgan fingerprint density at radius 3 is 2.52 bits per heavy atom. The Morgan fingerprint density at radius 2 is 1.81 bits per heavy atom. The van der Waals surface area contributed by atoms with Gasteiger partial charge in [0.1, 0.15) is 13.2 Å². The Morgan fingerprint density at radius 1 is 1.06 bits per heavy atom. The van der Waals surface area contributed by atoms with E-state index >= 15 is 0 Å². The third kappa shape index (κ3) is 5.28. The number of alkyl carbamates (subject to hydrolysis) is 1. The van der Waals surface area contributed by atoms with Crippen molar-refractivity contribution in [2.75, 3.05) is 18.1 Å². The molecule has 0 radical (unpaired) electrons. The van der Waals surface area contributed by atoms with E-state index in [2.05, 4.69) is 10.3 Å². The lowest BCUT2D eigenvalue weighted by molar-refractivity contribution is -0.142. The van der Waals surface area contributed by atoms with Gasteiger partial charge in [-0.3, -0.25) is 24.8 Å². The van der Waals surface area contributed by atoms with Gasteiger partial charge in [-0.1, -0.05) is 48.5 Å². The average molecular weight is 423 g/mol. The Kier molecular flexibility index (Phi) is 7.02. The van der Waals surface area contributed by atoms with Gasteiger partial charge in [0.2, 0.25) is 6.17 Å². The van der Waals surface area contributed by atoms with Crippen molar-refractivity contribution in [3.8, 4) is 0 Å². The molecule has 0 spiro atoms. The number of benzene rings is 2. The van der Waals surface area contributed by atoms with Gasteiger partial charge < -0.3 is 9.47 Å². The first-order valence-corrected chi connectivity index (χ1v) is 9.99. The second kappa shape index (κ2) is 9.88. The summed E-state index contributed by atoms with van der Waals surface area (Å²) in [5.41, 5.74) is 3.46. The number of carbonyl (C=O) groups excluding carboxylic acids is 3. The Labute approximate surface area is 180 Å². The third-order valence-electron chi connectivity index (χ3n) is 4.78. The molecule has 1 aliphatic heterocycles. The van der Waals surface area contributed by atoms with Crippen LogP contribution in [-0.4, -0.2) is 43.0 Å². The van der Waals surface area contributed by atoms with Crippen LogP contribution in [0.25, 0.3) is 0 Å². The van der Waals surface area contributed by atoms with E-state index in [4.69, 9.17) is 9.47 Å². The fourth-order valence-electron chi connectivity index (χ4n) is 3.35. The van der Waals surface area contributed by atoms with Crippen molar-refractivity contribution in [3.63, 3.8) is 0 Å². The number of fused-ring (bicyclic) bond motifs is 1. The van der Waals surface area contributed by atoms with E-state index in [1.165, 1.54) is 4.90 Å². The molecule has 0 aromatic heterocycles. The van der Waals surface area contributed by atoms with Crippen LogP contribution < -0.4 is 10.2 Å². The molecule has 31 heavy (non-hydrogen) atoms. The molecule has 0 saturated heterocycles. The molecule has 2 aromatic carbocycles. The molecule has 0 bridgehead atoms. The normalized spacial score (nSPS) is 15.5. The van der Waals surface area contributed by atoms with E-state index in [1.807, 2.05) is 55.5 Å². The van der Waals surface area contributed by atoms with Crippen LogP contribution in [0.15, 0.2) is 53.5 Å². The molecule has 0 saturated carbocycles. The number of aliphatic imine (C=N–C) groups is 1. The maximum absolute atomic E-state index is 13.3. The Hall–Kier alpha value is -3.68. The maximum atomic E-state index is 13.3. The molecule has 1 heterocycles. The van der Waals surface area contributed by atoms with Crippen LogP contribution in [-0.2, 0) is 25.7 Å². The van der Waals surface area contributed by atoms with Crippen molar-refractivity contribution in [2.45, 2.75) is 33.5 Å². The molecular formula is C23H25N3O5. The molecule has 8 heteroatoms. The van der Waals surface area contributed by atoms with Gasteiger partial charge in [0.05, 0.1) is 12.3 Å². The average Bonchev–Trinajstić information content (AvgIpc) is 2.84. The van der Waals surface area contributed by atoms with Crippen molar-refractivity contribution in [2.24, 2.45) is 4.99 Å². The van der Waals surface area contributed by atoms with Crippen LogP contribution >= 0.6 is 0 Å². The zero-order chi connectivity index (χ0) is 22.4. The van der Waals surface area contributed by atoms with Crippen molar-refractivity contribution >= 4 is 29.4 Å². The molecule has 2 amide bonds. The van der Waals surface area contributed by atoms with Crippen molar-refractivity contribution in [3.05, 3.63) is 65.2 Å². The van der Waals surface area contributed by atoms with Crippen LogP contribution in [0.2, 0.25) is 0 Å². The molecule has 0 aliphatic carbocycles. The molecule has 8 nitrogen and oxygen atoms in total. The van der Waals surface area contributed by atoms with Crippen molar-refractivity contribution in [1.29, 1.82) is 0 Å². The van der Waals surface area contributed by atoms with Gasteiger partial charge >= 0.3 is 12.1 Å². The quantitative estimate of drug-likeness (QED) is 0.721. The lowest BCUT2D eigenvalue weighted by Crippen LogP contribution is -2.49. The number of ether oxygens (including phenoxy) is 2. The van der Waals surface area contributed by atoms with Gasteiger partial charge in [0.15, 0.2) is 0 Å². The highest BCUT2D eigenvalue weighted by Crippen LogP contribution is 2.29. The maximum Gasteiger partial charge on any atom is 0.409 e. The monoisotopic (exact) mass is 423 g/mol. The molecule has 1 aliphatic rings. The van der Waals surface area contributed by atoms with E-state index in [0.717, 1.165) is 11.1 Å². The fourth-order valence-corrected chi connectivity index (χ4v) is 3.35. The van der Waals surface area contributed by atoms with Crippen molar-refractivity contribution < 1.29 is 23.9 Å². The Bertz CT molecular complexity index is 1000. The minimum absolute atomic E-state index is 0.0577. The zero-order valence-electron chi connectivity index (χ0n) is 17.8. The summed E-state index contributed by atoms with van der Waals surface area (Å²) in [6.45, 7) is 5.27. The lowest BCUT2D eigenvalue weighted by atomic mass is 10.0. The third-order valence-corrected chi connectivity index (χ3v) is 4.78. The number of esters is 1. The number of aryl methyl sites for hydroxylation is 1. The van der Waals surface area contributed by atoms with Crippen LogP contribution in [0.1, 0.15) is 30.5 Å². The van der Waals surface area contributed by atoms with Crippen molar-refractivity contribution in [1.82, 2.24) is 5.32 Å². The minimum atomic E-state index is -1.23. The predicted octanol–water partition coefficient (Wildman–Crippen LogP) is 2.97. The van der Waals surface area contributed by atoms with E-state index in [1.54, 1.807) is 13.8 Å². The number of rotatable bonds is 6. The number of benzodiazepines with no additional fused rings is 1. The molecule has 0 fully saturated rings. The van der Waals surface area contributed by atoms with Gasteiger partial charge in [0.25, 0.3) is 5.91 Å². The van der Waals surface area contributed by atoms with Crippen LogP contribution in [0, 0.1) is 6.92 Å². The highest BCUT2D eigenvalue weighted by Gasteiger charge is 2.34. The summed E-state index contributed by atoms with van der Waals surface area (Å²) in [5.74, 6) is -1.09. The van der Waals surface area contributed by atoms with Crippen LogP contribution in [0.5, 0.6) is 0 Å². The van der Waals surface area contributed by atoms with E-state index < -0.39 is 24.1 Å². The lowest BCUT2D eigenvalue weighted by Gasteiger charge is -2.26. The van der Waals surface area contributed by atoms with Gasteiger partial charge in [0, 0.05) is 11.3 Å². The van der Waals surface area contributed by atoms with E-state index in [0.29, 0.717) is 17.0 Å². The molecule has 162 valence electrons. The molecule has 1 unspecified atom stereocenters. The standard InChI is InChI=1S/C23H25N3O5/c1-4-30-19(27)13-26-20-15(2)9-8-12-18(20)16(3)24-21(22(26)28)25-23(29)31-14-17-10-6-5-7-11-17/h5-12,21H,4,13-14H2,1-3H3,(H,25,29). The van der Waals surface area contributed by atoms with Crippen LogP contribution in [0.4, 0.5) is 10.5 Å². The summed E-state index contributed by atoms with van der Waals surface area (Å²) in [6, 6.07) is 14.7. The van der Waals surface area contributed by atoms with E-state index in [9.17, 15) is 14.4 Å². The van der Waals surface area contributed by atoms with Gasteiger partial charge in [-0.2, -0.15) is 0 Å². The molecule has 1 N–H and O–H groups in total. The first-order valence-electron chi connectivity index (χ1n) is 9.99. The number of hydrogen-bond donors (Lipinski definition) is 1. The predicted molar refractivity (Wildman–Crippen MR) is 116 cm³/mol. The Balaban J connectivity index is 1.83. The highest BCUT2D eigenvalue weighted by atomic mass is 16.5. The number of anilines is 1. The SMILES string of the molecule is CCOC(=O)CN1C(=O)C(NC(=O)OCc2ccccc2)N=C(C)c2cccc(C)c21. The zero-order valence-corrected chi connectivity index (χ0v) is 17.8. The molecule has 3 rings (SSSR count). The van der Waals surface area contributed by atoms with E-state index in [-0.39, 0.29) is 19.8 Å². The molecule has 1 atom stereocenters. The van der Waals surface area contributed by atoms with Gasteiger partial charge in [-0.15, -0.1) is 0 Å².